The van der Waals surface area contributed by atoms with E-state index in [1.807, 2.05) is 42.1 Å². The van der Waals surface area contributed by atoms with Crippen molar-refractivity contribution in [3.05, 3.63) is 88.4 Å². The predicted molar refractivity (Wildman–Crippen MR) is 161 cm³/mol. The molecule has 1 saturated heterocycles. The van der Waals surface area contributed by atoms with E-state index in [1.54, 1.807) is 0 Å². The predicted octanol–water partition coefficient (Wildman–Crippen LogP) is 5.29. The van der Waals surface area contributed by atoms with Gasteiger partial charge in [-0.05, 0) is 81.1 Å². The van der Waals surface area contributed by atoms with Crippen molar-refractivity contribution in [1.82, 2.24) is 19.4 Å². The van der Waals surface area contributed by atoms with E-state index in [4.69, 9.17) is 4.98 Å². The average molecular weight is 536 g/mol. The molecule has 4 heterocycles. The van der Waals surface area contributed by atoms with Crippen LogP contribution in [-0.2, 0) is 19.3 Å². The molecule has 2 N–H and O–H groups in total. The number of hydrogen-bond donors (Lipinski definition) is 2. The lowest BCUT2D eigenvalue weighted by atomic mass is 10.0. The van der Waals surface area contributed by atoms with Gasteiger partial charge in [0.1, 0.15) is 5.82 Å². The molecule has 206 valence electrons. The zero-order chi connectivity index (χ0) is 27.8. The molecule has 0 bridgehead atoms. The first-order valence-corrected chi connectivity index (χ1v) is 14.2. The number of benzene rings is 2. The molecule has 8 nitrogen and oxygen atoms in total. The Morgan fingerprint density at radius 2 is 1.82 bits per heavy atom. The van der Waals surface area contributed by atoms with Gasteiger partial charge in [-0.1, -0.05) is 25.1 Å². The third kappa shape index (κ3) is 4.95. The first-order chi connectivity index (χ1) is 19.4. The number of anilines is 4. The van der Waals surface area contributed by atoms with Crippen LogP contribution in [0.1, 0.15) is 45.2 Å². The molecule has 1 fully saturated rings. The highest BCUT2D eigenvalue weighted by atomic mass is 16.1. The summed E-state index contributed by atoms with van der Waals surface area (Å²) in [4.78, 5) is 27.7. The van der Waals surface area contributed by atoms with Crippen LogP contribution in [0.15, 0.2) is 54.9 Å². The van der Waals surface area contributed by atoms with Gasteiger partial charge in [0, 0.05) is 66.9 Å². The molecular weight excluding hydrogens is 498 g/mol. The second-order valence-electron chi connectivity index (χ2n) is 10.9. The van der Waals surface area contributed by atoms with E-state index in [0.717, 1.165) is 90.6 Å². The van der Waals surface area contributed by atoms with Gasteiger partial charge in [-0.15, -0.1) is 0 Å². The van der Waals surface area contributed by atoms with Crippen LogP contribution in [-0.4, -0.2) is 58.6 Å². The smallest absolute Gasteiger partial charge is 0.257 e. The maximum atomic E-state index is 13.4. The molecule has 6 rings (SSSR count). The van der Waals surface area contributed by atoms with Crippen molar-refractivity contribution in [1.29, 1.82) is 0 Å². The molecule has 0 atom stereocenters. The van der Waals surface area contributed by atoms with Crippen LogP contribution >= 0.6 is 0 Å². The molecule has 0 aliphatic carbocycles. The average Bonchev–Trinajstić information content (AvgIpc) is 3.40. The fourth-order valence-electron chi connectivity index (χ4n) is 5.77. The lowest BCUT2D eigenvalue weighted by Gasteiger charge is -2.34. The van der Waals surface area contributed by atoms with Crippen LogP contribution in [0.2, 0.25) is 0 Å². The summed E-state index contributed by atoms with van der Waals surface area (Å²) in [6.07, 6.45) is 6.28. The number of hydrogen-bond acceptors (Lipinski definition) is 6. The molecule has 8 heteroatoms. The summed E-state index contributed by atoms with van der Waals surface area (Å²) in [6, 6.07) is 14.6. The van der Waals surface area contributed by atoms with Gasteiger partial charge in [-0.25, -0.2) is 4.98 Å². The number of aromatic nitrogens is 3. The van der Waals surface area contributed by atoms with Crippen molar-refractivity contribution >= 4 is 28.9 Å². The number of piperazine rings is 1. The highest BCUT2D eigenvalue weighted by Gasteiger charge is 2.25. The summed E-state index contributed by atoms with van der Waals surface area (Å²) in [5, 5.41) is 6.61. The maximum Gasteiger partial charge on any atom is 0.257 e. The van der Waals surface area contributed by atoms with Crippen molar-refractivity contribution in [2.24, 2.45) is 0 Å². The van der Waals surface area contributed by atoms with Gasteiger partial charge in [-0.3, -0.25) is 4.79 Å². The van der Waals surface area contributed by atoms with Crippen molar-refractivity contribution in [3.8, 4) is 5.82 Å². The third-order valence-electron chi connectivity index (χ3n) is 8.24. The third-order valence-corrected chi connectivity index (χ3v) is 8.24. The number of nitrogens with one attached hydrogen (secondary N) is 2. The van der Waals surface area contributed by atoms with Gasteiger partial charge in [-0.2, -0.15) is 4.98 Å². The largest absolute Gasteiger partial charge is 0.369 e. The molecule has 2 aliphatic heterocycles. The molecular formula is C32H37N7O. The fraction of sp³-hybridized carbons (Fsp3) is 0.344. The van der Waals surface area contributed by atoms with Gasteiger partial charge in [0.05, 0.1) is 5.56 Å². The van der Waals surface area contributed by atoms with Gasteiger partial charge < -0.3 is 25.0 Å². The van der Waals surface area contributed by atoms with Crippen LogP contribution < -0.4 is 15.5 Å². The van der Waals surface area contributed by atoms with E-state index in [1.165, 1.54) is 5.69 Å². The van der Waals surface area contributed by atoms with Gasteiger partial charge in [0.25, 0.3) is 5.91 Å². The van der Waals surface area contributed by atoms with E-state index < -0.39 is 0 Å². The van der Waals surface area contributed by atoms with E-state index >= 15 is 0 Å². The molecule has 40 heavy (non-hydrogen) atoms. The van der Waals surface area contributed by atoms with Gasteiger partial charge in [0.15, 0.2) is 0 Å². The SMILES string of the molecule is CCc1cccc(C)c1NC(=O)c1ccn2c1CCc1cnc(Nc3ccc(N4CCN(C)CC4)cc3C)nc1-2. The molecule has 0 saturated carbocycles. The van der Waals surface area contributed by atoms with Gasteiger partial charge >= 0.3 is 0 Å². The number of carbonyl (C=O) groups is 1. The zero-order valence-electron chi connectivity index (χ0n) is 23.8. The summed E-state index contributed by atoms with van der Waals surface area (Å²) in [5.41, 5.74) is 9.27. The quantitative estimate of drug-likeness (QED) is 0.349. The molecule has 0 unspecified atom stereocenters. The van der Waals surface area contributed by atoms with E-state index in [2.05, 4.69) is 70.6 Å². The number of aryl methyl sites for hydroxylation is 4. The number of nitrogens with zero attached hydrogens (tertiary/aromatic N) is 5. The topological polar surface area (TPSA) is 78.3 Å². The Hall–Kier alpha value is -4.17. The Labute approximate surface area is 236 Å². The van der Waals surface area contributed by atoms with E-state index in [9.17, 15) is 4.79 Å². The van der Waals surface area contributed by atoms with Crippen molar-refractivity contribution in [3.63, 3.8) is 0 Å². The Bertz CT molecular complexity index is 1570. The first kappa shape index (κ1) is 26.1. The first-order valence-electron chi connectivity index (χ1n) is 14.2. The Kier molecular flexibility index (Phi) is 7.02. The summed E-state index contributed by atoms with van der Waals surface area (Å²) >= 11 is 0. The minimum absolute atomic E-state index is 0.0790. The highest BCUT2D eigenvalue weighted by Crippen LogP contribution is 2.30. The number of amides is 1. The number of fused-ring (bicyclic) bond motifs is 3. The van der Waals surface area contributed by atoms with E-state index in [0.29, 0.717) is 11.5 Å². The van der Waals surface area contributed by atoms with Crippen LogP contribution in [0.5, 0.6) is 0 Å². The van der Waals surface area contributed by atoms with Crippen LogP contribution in [0.3, 0.4) is 0 Å². The van der Waals surface area contributed by atoms with E-state index in [-0.39, 0.29) is 5.91 Å². The lowest BCUT2D eigenvalue weighted by Crippen LogP contribution is -2.44. The minimum Gasteiger partial charge on any atom is -0.369 e. The highest BCUT2D eigenvalue weighted by molar-refractivity contribution is 6.06. The molecule has 2 aliphatic rings. The summed E-state index contributed by atoms with van der Waals surface area (Å²) in [7, 11) is 2.17. The van der Waals surface area contributed by atoms with Crippen molar-refractivity contribution in [2.45, 2.75) is 40.0 Å². The number of para-hydroxylation sites is 1. The molecule has 4 aromatic rings. The summed E-state index contributed by atoms with van der Waals surface area (Å²) in [6.45, 7) is 10.5. The standard InChI is InChI=1S/C32H37N7O/c1-5-23-8-6-7-21(2)29(23)35-31(40)26-13-14-39-28(26)12-9-24-20-33-32(36-30(24)39)34-27-11-10-25(19-22(27)3)38-17-15-37(4)16-18-38/h6-8,10-11,13-14,19-20H,5,9,12,15-18H2,1-4H3,(H,35,40)(H,33,34,36). The number of carbonyl (C=O) groups excluding carboxylic acids is 1. The molecule has 2 aromatic carbocycles. The van der Waals surface area contributed by atoms with Crippen molar-refractivity contribution in [2.75, 3.05) is 48.8 Å². The summed E-state index contributed by atoms with van der Waals surface area (Å²) < 4.78 is 2.04. The second-order valence-corrected chi connectivity index (χ2v) is 10.9. The Morgan fingerprint density at radius 3 is 2.60 bits per heavy atom. The van der Waals surface area contributed by atoms with Crippen molar-refractivity contribution < 1.29 is 4.79 Å². The van der Waals surface area contributed by atoms with Crippen LogP contribution in [0.4, 0.5) is 23.0 Å². The molecule has 1 amide bonds. The Balaban J connectivity index is 1.23. The minimum atomic E-state index is -0.0790. The molecule has 2 aromatic heterocycles. The number of rotatable bonds is 6. The fourth-order valence-corrected chi connectivity index (χ4v) is 5.77. The summed E-state index contributed by atoms with van der Waals surface area (Å²) in [5.74, 6) is 1.30. The normalized spacial score (nSPS) is 14.9. The monoisotopic (exact) mass is 535 g/mol. The lowest BCUT2D eigenvalue weighted by molar-refractivity contribution is 0.102. The molecule has 0 spiro atoms. The Morgan fingerprint density at radius 1 is 1.00 bits per heavy atom. The van der Waals surface area contributed by atoms with Crippen LogP contribution in [0, 0.1) is 13.8 Å². The van der Waals surface area contributed by atoms with Crippen LogP contribution in [0.25, 0.3) is 5.82 Å². The second kappa shape index (κ2) is 10.8. The van der Waals surface area contributed by atoms with Gasteiger partial charge in [0.2, 0.25) is 5.95 Å². The zero-order valence-corrected chi connectivity index (χ0v) is 23.8. The number of likely N-dealkylation sites (N-methyl/N-ethyl adjacent to an activating group) is 1. The molecule has 0 radical (unpaired) electrons. The maximum absolute atomic E-state index is 13.4.